The second-order valence-corrected chi connectivity index (χ2v) is 18.4. The summed E-state index contributed by atoms with van der Waals surface area (Å²) < 4.78 is 26.1. The molecule has 0 radical (unpaired) electrons. The van der Waals surface area contributed by atoms with Crippen molar-refractivity contribution >= 4 is 39.4 Å². The van der Waals surface area contributed by atoms with Crippen molar-refractivity contribution in [3.8, 4) is 0 Å². The van der Waals surface area contributed by atoms with Gasteiger partial charge in [0.1, 0.15) is 12.1 Å². The number of unbranched alkanes of at least 4 members (excludes halogenated alkanes) is 1. The van der Waals surface area contributed by atoms with Crippen molar-refractivity contribution in [2.45, 2.75) is 135 Å². The van der Waals surface area contributed by atoms with E-state index in [1.165, 1.54) is 11.0 Å². The molecule has 4 N–H and O–H groups in total. The Morgan fingerprint density at radius 3 is 2.25 bits per heavy atom. The summed E-state index contributed by atoms with van der Waals surface area (Å²) >= 11 is 0. The number of ketones is 1. The largest absolute Gasteiger partial charge is 0.346 e. The van der Waals surface area contributed by atoms with Gasteiger partial charge in [-0.25, -0.2) is 13.2 Å². The molecule has 2 saturated heterocycles. The molecule has 2 saturated carbocycles. The van der Waals surface area contributed by atoms with Crippen molar-refractivity contribution in [2.75, 3.05) is 18.8 Å². The second kappa shape index (κ2) is 14.5. The molecule has 4 fully saturated rings. The summed E-state index contributed by atoms with van der Waals surface area (Å²) in [6, 6.07) is -3.53. The lowest BCUT2D eigenvalue weighted by atomic mass is 9.78. The number of sulfone groups is 1. The number of amides is 5. The third kappa shape index (κ3) is 7.75. The Hall–Kier alpha value is -2.96. The van der Waals surface area contributed by atoms with Crippen LogP contribution in [-0.4, -0.2) is 90.6 Å². The monoisotopic (exact) mass is 691 g/mol. The Bertz CT molecular complexity index is 1380. The highest BCUT2D eigenvalue weighted by molar-refractivity contribution is 7.92. The minimum Gasteiger partial charge on any atom is -0.346 e. The van der Waals surface area contributed by atoms with Crippen LogP contribution in [0.4, 0.5) is 4.79 Å². The maximum Gasteiger partial charge on any atom is 0.315 e. The normalized spacial score (nSPS) is 27.9. The van der Waals surface area contributed by atoms with Crippen molar-refractivity contribution in [3.05, 3.63) is 12.7 Å². The van der Waals surface area contributed by atoms with Gasteiger partial charge in [0.15, 0.2) is 9.84 Å². The van der Waals surface area contributed by atoms with Crippen LogP contribution in [0.2, 0.25) is 0 Å². The van der Waals surface area contributed by atoms with Gasteiger partial charge in [0.2, 0.25) is 17.6 Å². The Balaban J connectivity index is 1.55. The molecule has 13 heteroatoms. The number of hydrogen-bond acceptors (Lipinski definition) is 7. The molecule has 2 aliphatic heterocycles. The summed E-state index contributed by atoms with van der Waals surface area (Å²) in [5, 5.41) is 10.6. The highest BCUT2D eigenvalue weighted by Gasteiger charge is 2.70. The number of fused-ring (bicyclic) bond motifs is 1. The van der Waals surface area contributed by atoms with E-state index in [-0.39, 0.29) is 36.0 Å². The van der Waals surface area contributed by atoms with Gasteiger partial charge in [-0.2, -0.15) is 0 Å². The lowest BCUT2D eigenvalue weighted by Gasteiger charge is -2.43. The average molecular weight is 692 g/mol. The van der Waals surface area contributed by atoms with Gasteiger partial charge in [-0.15, -0.1) is 6.58 Å². The predicted octanol–water partition coefficient (Wildman–Crippen LogP) is 3.01. The van der Waals surface area contributed by atoms with E-state index < -0.39 is 73.7 Å². The fourth-order valence-corrected chi connectivity index (χ4v) is 10.8. The highest BCUT2D eigenvalue weighted by Crippen LogP contribution is 2.65. The van der Waals surface area contributed by atoms with Crippen molar-refractivity contribution < 1.29 is 32.4 Å². The number of urea groups is 1. The zero-order valence-corrected chi connectivity index (χ0v) is 30.5. The summed E-state index contributed by atoms with van der Waals surface area (Å²) in [6.45, 7) is 15.6. The van der Waals surface area contributed by atoms with Gasteiger partial charge in [-0.3, -0.25) is 19.2 Å². The first kappa shape index (κ1) is 37.9. The molecule has 0 aromatic carbocycles. The zero-order chi connectivity index (χ0) is 35.7. The van der Waals surface area contributed by atoms with E-state index in [0.717, 1.165) is 25.7 Å². The van der Waals surface area contributed by atoms with Crippen LogP contribution >= 0.6 is 0 Å². The van der Waals surface area contributed by atoms with Gasteiger partial charge < -0.3 is 26.2 Å². The Morgan fingerprint density at radius 2 is 1.69 bits per heavy atom. The lowest BCUT2D eigenvalue weighted by Crippen LogP contribution is -2.65. The number of carbonyl (C=O) groups is 5. The van der Waals surface area contributed by atoms with E-state index in [9.17, 15) is 32.4 Å². The van der Waals surface area contributed by atoms with Crippen molar-refractivity contribution in [1.29, 1.82) is 0 Å². The van der Waals surface area contributed by atoms with E-state index in [0.29, 0.717) is 38.6 Å². The molecule has 2 heterocycles. The molecule has 0 unspecified atom stereocenters. The first-order chi connectivity index (χ1) is 22.4. The molecule has 0 aromatic heterocycles. The summed E-state index contributed by atoms with van der Waals surface area (Å²) in [7, 11) is -3.35. The first-order valence-corrected chi connectivity index (χ1v) is 19.5. The van der Waals surface area contributed by atoms with E-state index >= 15 is 0 Å². The van der Waals surface area contributed by atoms with Crippen LogP contribution in [0.25, 0.3) is 0 Å². The van der Waals surface area contributed by atoms with Crippen LogP contribution < -0.4 is 21.3 Å². The van der Waals surface area contributed by atoms with Gasteiger partial charge in [0.25, 0.3) is 5.91 Å². The minimum atomic E-state index is -3.35. The number of rotatable bonds is 13. The maximum atomic E-state index is 14.4. The first-order valence-electron chi connectivity index (χ1n) is 17.8. The van der Waals surface area contributed by atoms with Gasteiger partial charge in [-0.1, -0.05) is 79.7 Å². The molecule has 2 aliphatic carbocycles. The predicted molar refractivity (Wildman–Crippen MR) is 183 cm³/mol. The number of piperidine rings is 1. The molecule has 0 bridgehead atoms. The molecular weight excluding hydrogens is 634 g/mol. The van der Waals surface area contributed by atoms with Crippen molar-refractivity contribution in [3.63, 3.8) is 0 Å². The van der Waals surface area contributed by atoms with Crippen LogP contribution in [0.3, 0.4) is 0 Å². The number of nitrogens with one attached hydrogen (secondary N) is 4. The third-order valence-corrected chi connectivity index (χ3v) is 13.7. The van der Waals surface area contributed by atoms with E-state index in [1.54, 1.807) is 0 Å². The minimum absolute atomic E-state index is 0.0606. The molecule has 12 nitrogen and oxygen atoms in total. The molecule has 0 aromatic rings. The number of likely N-dealkylation sites (tertiary alicyclic amines) is 1. The molecular formula is C35H57N5O7S. The summed E-state index contributed by atoms with van der Waals surface area (Å²) in [6.07, 6.45) is 7.93. The van der Waals surface area contributed by atoms with Crippen LogP contribution in [0.1, 0.15) is 106 Å². The lowest BCUT2D eigenvalue weighted by molar-refractivity contribution is -0.145. The number of carbonyl (C=O) groups excluding carboxylic acids is 5. The molecule has 270 valence electrons. The molecule has 6 atom stereocenters. The Morgan fingerprint density at radius 1 is 1.02 bits per heavy atom. The fraction of sp³-hybridized carbons (Fsp3) is 0.800. The van der Waals surface area contributed by atoms with Crippen LogP contribution in [0.15, 0.2) is 12.7 Å². The van der Waals surface area contributed by atoms with Gasteiger partial charge in [0.05, 0.1) is 22.6 Å². The SMILES string of the molecule is C=CCNC(=O)C(=O)[C@H](CCCC)NC(=O)[C@@H]1[C@@H]2[C@H](CN1C(=O)[C@@H](NC(=O)NC1([C@H]3CCCS3(=O)=O)CCCCC1)C(C)(C)C)C2(C)C. The number of nitrogens with zero attached hydrogens (tertiary/aromatic N) is 1. The number of Topliss-reactive ketones (excluding diaryl/α,β-unsaturated/α-hetero) is 1. The van der Waals surface area contributed by atoms with Gasteiger partial charge >= 0.3 is 6.03 Å². The maximum absolute atomic E-state index is 14.4. The van der Waals surface area contributed by atoms with Crippen LogP contribution in [0.5, 0.6) is 0 Å². The summed E-state index contributed by atoms with van der Waals surface area (Å²) in [5.74, 6) is -2.41. The summed E-state index contributed by atoms with van der Waals surface area (Å²) in [4.78, 5) is 69.4. The van der Waals surface area contributed by atoms with Crippen LogP contribution in [-0.2, 0) is 29.0 Å². The van der Waals surface area contributed by atoms with E-state index in [2.05, 4.69) is 41.7 Å². The smallest absolute Gasteiger partial charge is 0.315 e. The zero-order valence-electron chi connectivity index (χ0n) is 29.7. The molecule has 0 spiro atoms. The molecule has 5 amide bonds. The number of hydrogen-bond donors (Lipinski definition) is 4. The molecule has 48 heavy (non-hydrogen) atoms. The Kier molecular flexibility index (Phi) is 11.4. The average Bonchev–Trinajstić information content (AvgIpc) is 3.33. The Labute approximate surface area is 286 Å². The van der Waals surface area contributed by atoms with E-state index in [4.69, 9.17) is 0 Å². The van der Waals surface area contributed by atoms with E-state index in [1.807, 2.05) is 27.7 Å². The second-order valence-electron chi connectivity index (χ2n) is 16.1. The standard InChI is InChI=1S/C35H57N5O7S/c1-8-10-15-23(27(41)30(43)36-19-9-2)37-29(42)26-25-22(34(25,6)7)21-40(26)31(44)28(33(3,4)5)38-32(45)39-35(17-12-11-13-18-35)24-16-14-20-48(24,46)47/h9,22-26,28H,2,8,10-21H2,1,3-7H3,(H,36,43)(H,37,42)(H2,38,39,45)/t22-,23-,24+,25-,26-,28+/m0/s1. The molecule has 4 aliphatic rings. The molecule has 4 rings (SSSR count). The van der Waals surface area contributed by atoms with Crippen LogP contribution in [0, 0.1) is 22.7 Å². The van der Waals surface area contributed by atoms with Gasteiger partial charge in [0, 0.05) is 13.1 Å². The van der Waals surface area contributed by atoms with Crippen molar-refractivity contribution in [1.82, 2.24) is 26.2 Å². The topological polar surface area (TPSA) is 171 Å². The third-order valence-electron chi connectivity index (χ3n) is 11.3. The van der Waals surface area contributed by atoms with Gasteiger partial charge in [-0.05, 0) is 54.8 Å². The van der Waals surface area contributed by atoms with Crippen molar-refractivity contribution in [2.24, 2.45) is 22.7 Å². The fourth-order valence-electron chi connectivity index (χ4n) is 8.49. The summed E-state index contributed by atoms with van der Waals surface area (Å²) in [5.41, 5.74) is -1.84. The highest BCUT2D eigenvalue weighted by atomic mass is 32.2. The quantitative estimate of drug-likeness (QED) is 0.170.